The van der Waals surface area contributed by atoms with Crippen LogP contribution in [0.15, 0.2) is 0 Å². The van der Waals surface area contributed by atoms with Gasteiger partial charge in [0.15, 0.2) is 0 Å². The van der Waals surface area contributed by atoms with Crippen LogP contribution in [0.25, 0.3) is 0 Å². The Bertz CT molecular complexity index is 245. The molecule has 16 heavy (non-hydrogen) atoms. The monoisotopic (exact) mass is 242 g/mol. The highest BCUT2D eigenvalue weighted by Gasteiger charge is 2.30. The molecule has 2 heterocycles. The summed E-state index contributed by atoms with van der Waals surface area (Å²) in [7, 11) is 0. The second-order valence-corrected chi connectivity index (χ2v) is 6.85. The van der Waals surface area contributed by atoms with Crippen LogP contribution >= 0.6 is 11.8 Å². The Morgan fingerprint density at radius 3 is 3.06 bits per heavy atom. The smallest absolute Gasteiger partial charge is 0.224 e. The molecule has 2 N–H and O–H groups in total. The summed E-state index contributed by atoms with van der Waals surface area (Å²) >= 11 is 2.00. The van der Waals surface area contributed by atoms with E-state index in [0.29, 0.717) is 0 Å². The van der Waals surface area contributed by atoms with Crippen molar-refractivity contribution in [1.82, 2.24) is 10.6 Å². The molecular formula is C12H22N2OS. The maximum Gasteiger partial charge on any atom is 0.224 e. The molecule has 0 bridgehead atoms. The first kappa shape index (κ1) is 12.2. The summed E-state index contributed by atoms with van der Waals surface area (Å²) in [5.74, 6) is 1.70. The van der Waals surface area contributed by atoms with Crippen LogP contribution < -0.4 is 10.6 Å². The number of nitrogens with one attached hydrogen (secondary N) is 2. The largest absolute Gasteiger partial charge is 0.354 e. The molecule has 4 heteroatoms. The summed E-state index contributed by atoms with van der Waals surface area (Å²) < 4.78 is 0.289. The lowest BCUT2D eigenvalue weighted by Gasteiger charge is -2.26. The summed E-state index contributed by atoms with van der Waals surface area (Å²) in [5, 5.41) is 6.42. The third-order valence-corrected chi connectivity index (χ3v) is 5.14. The summed E-state index contributed by atoms with van der Waals surface area (Å²) in [6, 6.07) is 0. The van der Waals surface area contributed by atoms with E-state index in [0.717, 1.165) is 32.5 Å². The van der Waals surface area contributed by atoms with E-state index < -0.39 is 0 Å². The van der Waals surface area contributed by atoms with Crippen molar-refractivity contribution in [3.63, 3.8) is 0 Å². The predicted octanol–water partition coefficient (Wildman–Crippen LogP) is 1.39. The molecule has 2 rings (SSSR count). The van der Waals surface area contributed by atoms with Crippen LogP contribution in [0.2, 0.25) is 0 Å². The van der Waals surface area contributed by atoms with Crippen LogP contribution in [0.4, 0.5) is 0 Å². The molecule has 2 unspecified atom stereocenters. The lowest BCUT2D eigenvalue weighted by Crippen LogP contribution is -2.44. The number of rotatable bonds is 3. The van der Waals surface area contributed by atoms with Crippen molar-refractivity contribution in [2.24, 2.45) is 5.92 Å². The molecule has 2 atom stereocenters. The van der Waals surface area contributed by atoms with Crippen LogP contribution in [-0.2, 0) is 4.79 Å². The van der Waals surface area contributed by atoms with E-state index in [-0.39, 0.29) is 16.6 Å². The Balaban J connectivity index is 1.74. The van der Waals surface area contributed by atoms with Crippen molar-refractivity contribution in [2.75, 3.05) is 25.4 Å². The standard InChI is InChI=1S/C12H22N2OS/c1-12(5-3-7-16-12)9-14-11(15)10-4-2-6-13-8-10/h10,13H,2-9H2,1H3,(H,14,15). The van der Waals surface area contributed by atoms with E-state index in [1.165, 1.54) is 18.6 Å². The maximum atomic E-state index is 11.9. The highest BCUT2D eigenvalue weighted by atomic mass is 32.2. The van der Waals surface area contributed by atoms with Gasteiger partial charge in [0.05, 0.1) is 5.92 Å². The topological polar surface area (TPSA) is 41.1 Å². The zero-order valence-electron chi connectivity index (χ0n) is 10.1. The average molecular weight is 242 g/mol. The number of thioether (sulfide) groups is 1. The Morgan fingerprint density at radius 2 is 2.44 bits per heavy atom. The minimum Gasteiger partial charge on any atom is -0.354 e. The summed E-state index contributed by atoms with van der Waals surface area (Å²) in [5.41, 5.74) is 0. The zero-order valence-corrected chi connectivity index (χ0v) is 10.9. The van der Waals surface area contributed by atoms with Crippen molar-refractivity contribution in [3.8, 4) is 0 Å². The molecule has 2 saturated heterocycles. The quantitative estimate of drug-likeness (QED) is 0.786. The normalized spacial score (nSPS) is 34.9. The van der Waals surface area contributed by atoms with Gasteiger partial charge in [-0.2, -0.15) is 11.8 Å². The average Bonchev–Trinajstić information content (AvgIpc) is 2.75. The molecule has 0 aromatic rings. The Kier molecular flexibility index (Phi) is 4.14. The van der Waals surface area contributed by atoms with Crippen molar-refractivity contribution >= 4 is 17.7 Å². The first-order valence-corrected chi connectivity index (χ1v) is 7.31. The molecule has 2 fully saturated rings. The van der Waals surface area contributed by atoms with Crippen LogP contribution in [-0.4, -0.2) is 36.0 Å². The first-order chi connectivity index (χ1) is 7.70. The molecule has 2 aliphatic heterocycles. The molecule has 0 saturated carbocycles. The molecule has 2 aliphatic rings. The molecule has 0 spiro atoms. The summed E-state index contributed by atoms with van der Waals surface area (Å²) in [4.78, 5) is 11.9. The molecule has 3 nitrogen and oxygen atoms in total. The van der Waals surface area contributed by atoms with Crippen molar-refractivity contribution in [2.45, 2.75) is 37.4 Å². The van der Waals surface area contributed by atoms with Crippen molar-refractivity contribution in [1.29, 1.82) is 0 Å². The number of piperidine rings is 1. The molecule has 0 aliphatic carbocycles. The van der Waals surface area contributed by atoms with Gasteiger partial charge in [-0.05, 0) is 44.9 Å². The van der Waals surface area contributed by atoms with Crippen molar-refractivity contribution < 1.29 is 4.79 Å². The van der Waals surface area contributed by atoms with Crippen LogP contribution in [0.3, 0.4) is 0 Å². The number of hydrogen-bond acceptors (Lipinski definition) is 3. The van der Waals surface area contributed by atoms with E-state index in [1.54, 1.807) is 0 Å². The van der Waals surface area contributed by atoms with Gasteiger partial charge >= 0.3 is 0 Å². The fourth-order valence-electron chi connectivity index (χ4n) is 2.47. The highest BCUT2D eigenvalue weighted by molar-refractivity contribution is 8.00. The van der Waals surface area contributed by atoms with Gasteiger partial charge in [0.2, 0.25) is 5.91 Å². The number of amides is 1. The van der Waals surface area contributed by atoms with E-state index >= 15 is 0 Å². The minimum absolute atomic E-state index is 0.198. The second kappa shape index (κ2) is 5.41. The van der Waals surface area contributed by atoms with Gasteiger partial charge < -0.3 is 10.6 Å². The summed E-state index contributed by atoms with van der Waals surface area (Å²) in [6.45, 7) is 5.03. The lowest BCUT2D eigenvalue weighted by molar-refractivity contribution is -0.125. The summed E-state index contributed by atoms with van der Waals surface area (Å²) in [6.07, 6.45) is 4.70. The Labute approximate surface area is 102 Å². The fourth-order valence-corrected chi connectivity index (χ4v) is 3.71. The van der Waals surface area contributed by atoms with Gasteiger partial charge in [-0.1, -0.05) is 0 Å². The third-order valence-electron chi connectivity index (χ3n) is 3.60. The molecule has 1 amide bonds. The molecule has 0 radical (unpaired) electrons. The zero-order chi connectivity index (χ0) is 11.4. The van der Waals surface area contributed by atoms with E-state index in [9.17, 15) is 4.79 Å². The molecule has 92 valence electrons. The Morgan fingerprint density at radius 1 is 1.56 bits per heavy atom. The minimum atomic E-state index is 0.198. The number of carbonyl (C=O) groups excluding carboxylic acids is 1. The van der Waals surface area contributed by atoms with E-state index in [4.69, 9.17) is 0 Å². The van der Waals surface area contributed by atoms with Gasteiger partial charge in [0, 0.05) is 17.8 Å². The SMILES string of the molecule is CC1(CNC(=O)C2CCCNC2)CCCS1. The van der Waals surface area contributed by atoms with Gasteiger partial charge in [-0.25, -0.2) is 0 Å². The van der Waals surface area contributed by atoms with Gasteiger partial charge in [0.1, 0.15) is 0 Å². The lowest BCUT2D eigenvalue weighted by atomic mass is 9.98. The van der Waals surface area contributed by atoms with Crippen LogP contribution in [0.5, 0.6) is 0 Å². The maximum absolute atomic E-state index is 11.9. The van der Waals surface area contributed by atoms with E-state index in [1.807, 2.05) is 11.8 Å². The first-order valence-electron chi connectivity index (χ1n) is 6.32. The van der Waals surface area contributed by atoms with Crippen LogP contribution in [0.1, 0.15) is 32.6 Å². The predicted molar refractivity (Wildman–Crippen MR) is 68.7 cm³/mol. The molecule has 0 aromatic carbocycles. The van der Waals surface area contributed by atoms with Crippen LogP contribution in [0, 0.1) is 5.92 Å². The molecule has 0 aromatic heterocycles. The van der Waals surface area contributed by atoms with Gasteiger partial charge in [-0.3, -0.25) is 4.79 Å². The highest BCUT2D eigenvalue weighted by Crippen LogP contribution is 2.37. The van der Waals surface area contributed by atoms with E-state index in [2.05, 4.69) is 17.6 Å². The van der Waals surface area contributed by atoms with Gasteiger partial charge in [0.25, 0.3) is 0 Å². The Hall–Kier alpha value is -0.220. The number of carbonyl (C=O) groups is 1. The number of hydrogen-bond donors (Lipinski definition) is 2. The van der Waals surface area contributed by atoms with Gasteiger partial charge in [-0.15, -0.1) is 0 Å². The van der Waals surface area contributed by atoms with Crippen molar-refractivity contribution in [3.05, 3.63) is 0 Å². The molecular weight excluding hydrogens is 220 g/mol. The fraction of sp³-hybridized carbons (Fsp3) is 0.917. The third kappa shape index (κ3) is 3.14. The second-order valence-electron chi connectivity index (χ2n) is 5.16.